The average Bonchev–Trinajstić information content (AvgIpc) is 2.80. The predicted molar refractivity (Wildman–Crippen MR) is 92.9 cm³/mol. The Morgan fingerprint density at radius 2 is 1.73 bits per heavy atom. The van der Waals surface area contributed by atoms with Gasteiger partial charge in [0.2, 0.25) is 0 Å². The summed E-state index contributed by atoms with van der Waals surface area (Å²) in [6, 6.07) is 16.5. The second kappa shape index (κ2) is 5.80. The molecule has 1 aliphatic heterocycles. The molecule has 0 fully saturated rings. The Hall–Kier alpha value is -2.35. The zero-order valence-corrected chi connectivity index (χ0v) is 13.3. The Kier molecular flexibility index (Phi) is 3.84. The van der Waals surface area contributed by atoms with Crippen LogP contribution in [0.15, 0.2) is 48.5 Å². The third kappa shape index (κ3) is 2.45. The summed E-state index contributed by atoms with van der Waals surface area (Å²) >= 11 is 0. The van der Waals surface area contributed by atoms with Crippen molar-refractivity contribution >= 4 is 23.2 Å². The maximum absolute atomic E-state index is 12.6. The van der Waals surface area contributed by atoms with Gasteiger partial charge in [-0.1, -0.05) is 56.3 Å². The van der Waals surface area contributed by atoms with Gasteiger partial charge in [0.25, 0.3) is 5.91 Å². The van der Waals surface area contributed by atoms with Crippen LogP contribution in [-0.2, 0) is 4.79 Å². The number of amides is 1. The van der Waals surface area contributed by atoms with Gasteiger partial charge in [-0.3, -0.25) is 4.79 Å². The maximum atomic E-state index is 12.6. The molecule has 2 aromatic carbocycles. The van der Waals surface area contributed by atoms with E-state index in [1.165, 1.54) is 5.56 Å². The fraction of sp³-hybridized carbons (Fsp3) is 0.250. The van der Waals surface area contributed by atoms with Gasteiger partial charge in [-0.15, -0.1) is 0 Å². The van der Waals surface area contributed by atoms with Gasteiger partial charge >= 0.3 is 0 Å². The summed E-state index contributed by atoms with van der Waals surface area (Å²) < 4.78 is 0. The van der Waals surface area contributed by atoms with Crippen LogP contribution in [0.4, 0.5) is 5.69 Å². The van der Waals surface area contributed by atoms with Crippen molar-refractivity contribution in [3.05, 3.63) is 65.2 Å². The number of carbonyl (C=O) groups excluding carboxylic acids is 1. The van der Waals surface area contributed by atoms with E-state index in [0.717, 1.165) is 22.4 Å². The van der Waals surface area contributed by atoms with Crippen LogP contribution in [0.1, 0.15) is 43.4 Å². The minimum atomic E-state index is 0.0941. The summed E-state index contributed by atoms with van der Waals surface area (Å²) in [6.45, 7) is 7.07. The molecule has 0 N–H and O–H groups in total. The molecule has 2 aromatic rings. The van der Waals surface area contributed by atoms with Crippen LogP contribution in [0.2, 0.25) is 0 Å². The maximum Gasteiger partial charge on any atom is 0.258 e. The lowest BCUT2D eigenvalue weighted by Gasteiger charge is -2.13. The van der Waals surface area contributed by atoms with Crippen molar-refractivity contribution in [2.24, 2.45) is 0 Å². The molecule has 112 valence electrons. The standard InChI is InChI=1S/C20H21NO/c1-4-21-19-8-6-5-7-17(19)18(20(21)22)13-15-9-11-16(12-10-15)14(2)3/h5-14H,4H2,1-3H3/b18-13-. The summed E-state index contributed by atoms with van der Waals surface area (Å²) in [6.07, 6.45) is 2.00. The van der Waals surface area contributed by atoms with Gasteiger partial charge in [-0.2, -0.15) is 0 Å². The van der Waals surface area contributed by atoms with Gasteiger partial charge in [-0.05, 0) is 36.1 Å². The molecule has 2 heteroatoms. The molecule has 1 heterocycles. The monoisotopic (exact) mass is 291 g/mol. The molecule has 0 radical (unpaired) electrons. The number of anilines is 1. The van der Waals surface area contributed by atoms with Gasteiger partial charge in [0, 0.05) is 17.7 Å². The fourth-order valence-electron chi connectivity index (χ4n) is 2.90. The van der Waals surface area contributed by atoms with Crippen molar-refractivity contribution in [2.75, 3.05) is 11.4 Å². The quantitative estimate of drug-likeness (QED) is 0.749. The molecule has 22 heavy (non-hydrogen) atoms. The van der Waals surface area contributed by atoms with Crippen molar-refractivity contribution in [1.82, 2.24) is 0 Å². The minimum Gasteiger partial charge on any atom is -0.308 e. The first-order valence-corrected chi connectivity index (χ1v) is 7.84. The molecule has 1 amide bonds. The third-order valence-electron chi connectivity index (χ3n) is 4.19. The van der Waals surface area contributed by atoms with E-state index >= 15 is 0 Å². The van der Waals surface area contributed by atoms with E-state index in [1.54, 1.807) is 0 Å². The highest BCUT2D eigenvalue weighted by atomic mass is 16.2. The number of nitrogens with zero attached hydrogens (tertiary/aromatic N) is 1. The van der Waals surface area contributed by atoms with E-state index in [2.05, 4.69) is 38.1 Å². The van der Waals surface area contributed by atoms with E-state index in [-0.39, 0.29) is 5.91 Å². The summed E-state index contributed by atoms with van der Waals surface area (Å²) in [7, 11) is 0. The fourth-order valence-corrected chi connectivity index (χ4v) is 2.90. The van der Waals surface area contributed by atoms with Crippen molar-refractivity contribution in [1.29, 1.82) is 0 Å². The largest absolute Gasteiger partial charge is 0.308 e. The molecule has 0 spiro atoms. The lowest BCUT2D eigenvalue weighted by Crippen LogP contribution is -2.25. The van der Waals surface area contributed by atoms with Gasteiger partial charge in [0.05, 0.1) is 5.69 Å². The number of rotatable bonds is 3. The van der Waals surface area contributed by atoms with E-state index in [0.29, 0.717) is 12.5 Å². The normalized spacial score (nSPS) is 15.7. The number of likely N-dealkylation sites (N-methyl/N-ethyl adjacent to an activating group) is 1. The van der Waals surface area contributed by atoms with Gasteiger partial charge < -0.3 is 4.90 Å². The summed E-state index contributed by atoms with van der Waals surface area (Å²) in [4.78, 5) is 14.5. The molecular weight excluding hydrogens is 270 g/mol. The van der Waals surface area contributed by atoms with Crippen LogP contribution in [0, 0.1) is 0 Å². The highest BCUT2D eigenvalue weighted by molar-refractivity contribution is 6.35. The number of carbonyl (C=O) groups is 1. The zero-order valence-electron chi connectivity index (χ0n) is 13.3. The second-order valence-electron chi connectivity index (χ2n) is 5.95. The summed E-state index contributed by atoms with van der Waals surface area (Å²) in [5, 5.41) is 0. The van der Waals surface area contributed by atoms with Crippen molar-refractivity contribution < 1.29 is 4.79 Å². The molecule has 0 unspecified atom stereocenters. The second-order valence-corrected chi connectivity index (χ2v) is 5.95. The first-order valence-electron chi connectivity index (χ1n) is 7.84. The lowest BCUT2D eigenvalue weighted by atomic mass is 9.99. The van der Waals surface area contributed by atoms with E-state index < -0.39 is 0 Å². The highest BCUT2D eigenvalue weighted by Gasteiger charge is 2.30. The minimum absolute atomic E-state index is 0.0941. The Morgan fingerprint density at radius 1 is 1.05 bits per heavy atom. The number of hydrogen-bond acceptors (Lipinski definition) is 1. The van der Waals surface area contributed by atoms with E-state index in [1.807, 2.05) is 42.2 Å². The molecule has 2 nitrogen and oxygen atoms in total. The van der Waals surface area contributed by atoms with Crippen molar-refractivity contribution in [3.8, 4) is 0 Å². The number of fused-ring (bicyclic) bond motifs is 1. The smallest absolute Gasteiger partial charge is 0.258 e. The molecule has 0 aromatic heterocycles. The molecular formula is C20H21NO. The Labute approximate surface area is 132 Å². The van der Waals surface area contributed by atoms with Crippen LogP contribution in [0.25, 0.3) is 11.6 Å². The molecule has 0 bridgehead atoms. The van der Waals surface area contributed by atoms with Crippen molar-refractivity contribution in [3.63, 3.8) is 0 Å². The number of benzene rings is 2. The molecule has 0 atom stereocenters. The first kappa shape index (κ1) is 14.6. The SMILES string of the molecule is CCN1C(=O)/C(=C\c2ccc(C(C)C)cc2)c2ccccc21. The van der Waals surface area contributed by atoms with E-state index in [4.69, 9.17) is 0 Å². The first-order chi connectivity index (χ1) is 10.6. The van der Waals surface area contributed by atoms with Gasteiger partial charge in [-0.25, -0.2) is 0 Å². The Bertz CT molecular complexity index is 726. The van der Waals surface area contributed by atoms with Gasteiger partial charge in [0.1, 0.15) is 0 Å². The molecule has 3 rings (SSSR count). The number of hydrogen-bond donors (Lipinski definition) is 0. The Morgan fingerprint density at radius 3 is 2.36 bits per heavy atom. The summed E-state index contributed by atoms with van der Waals surface area (Å²) in [5.41, 5.74) is 5.22. The van der Waals surface area contributed by atoms with Gasteiger partial charge in [0.15, 0.2) is 0 Å². The zero-order chi connectivity index (χ0) is 15.7. The predicted octanol–water partition coefficient (Wildman–Crippen LogP) is 4.72. The van der Waals surface area contributed by atoms with Crippen LogP contribution in [0.3, 0.4) is 0 Å². The molecule has 0 saturated heterocycles. The topological polar surface area (TPSA) is 20.3 Å². The highest BCUT2D eigenvalue weighted by Crippen LogP contribution is 2.37. The Balaban J connectivity index is 2.02. The lowest BCUT2D eigenvalue weighted by molar-refractivity contribution is -0.112. The molecule has 0 saturated carbocycles. The molecule has 1 aliphatic rings. The molecule has 0 aliphatic carbocycles. The number of para-hydroxylation sites is 1. The van der Waals surface area contributed by atoms with Crippen molar-refractivity contribution in [2.45, 2.75) is 26.7 Å². The van der Waals surface area contributed by atoms with Crippen LogP contribution in [-0.4, -0.2) is 12.5 Å². The average molecular weight is 291 g/mol. The summed E-state index contributed by atoms with van der Waals surface area (Å²) in [5.74, 6) is 0.614. The van der Waals surface area contributed by atoms with E-state index in [9.17, 15) is 4.79 Å². The van der Waals surface area contributed by atoms with Crippen LogP contribution < -0.4 is 4.90 Å². The van der Waals surface area contributed by atoms with Crippen LogP contribution in [0.5, 0.6) is 0 Å². The third-order valence-corrected chi connectivity index (χ3v) is 4.19. The van der Waals surface area contributed by atoms with Crippen LogP contribution >= 0.6 is 0 Å².